The van der Waals surface area contributed by atoms with E-state index in [1.165, 1.54) is 4.90 Å². The van der Waals surface area contributed by atoms with E-state index >= 15 is 0 Å². The number of nitrogens with zero attached hydrogens (tertiary/aromatic N) is 2. The zero-order chi connectivity index (χ0) is 14.5. The molecule has 0 bridgehead atoms. The number of anilines is 1. The predicted molar refractivity (Wildman–Crippen MR) is 76.9 cm³/mol. The molecule has 3 rings (SSSR count). The maximum absolute atomic E-state index is 12.7. The normalized spacial score (nSPS) is 21.7. The summed E-state index contributed by atoms with van der Waals surface area (Å²) in [5.74, 6) is -0.0492. The van der Waals surface area contributed by atoms with Crippen LogP contribution in [0, 0.1) is 6.92 Å². The molecule has 20 heavy (non-hydrogen) atoms. The van der Waals surface area contributed by atoms with Gasteiger partial charge in [-0.1, -0.05) is 17.7 Å². The average Bonchev–Trinajstić information content (AvgIpc) is 2.57. The maximum atomic E-state index is 12.7. The predicted octanol–water partition coefficient (Wildman–Crippen LogP) is 0.387. The Labute approximate surface area is 120 Å². The van der Waals surface area contributed by atoms with E-state index in [1.54, 1.807) is 10.6 Å². The van der Waals surface area contributed by atoms with Crippen LogP contribution < -0.4 is 4.90 Å². The Bertz CT molecular complexity index is 623. The van der Waals surface area contributed by atoms with Gasteiger partial charge in [-0.05, 0) is 18.6 Å². The molecule has 1 amide bonds. The van der Waals surface area contributed by atoms with Crippen LogP contribution in [-0.4, -0.2) is 46.6 Å². The number of hydrogen-bond donors (Lipinski definition) is 0. The highest BCUT2D eigenvalue weighted by Crippen LogP contribution is 2.47. The Balaban J connectivity index is 2.05. The van der Waals surface area contributed by atoms with E-state index in [4.69, 9.17) is 0 Å². The van der Waals surface area contributed by atoms with Gasteiger partial charge in [-0.2, -0.15) is 0 Å². The van der Waals surface area contributed by atoms with Gasteiger partial charge >= 0.3 is 0 Å². The van der Waals surface area contributed by atoms with Gasteiger partial charge in [0.05, 0.1) is 17.5 Å². The highest BCUT2D eigenvalue weighted by molar-refractivity contribution is 7.81. The summed E-state index contributed by atoms with van der Waals surface area (Å²) in [5.41, 5.74) is 2.25. The molecule has 1 aromatic carbocycles. The van der Waals surface area contributed by atoms with E-state index in [0.29, 0.717) is 13.1 Å². The lowest BCUT2D eigenvalue weighted by Gasteiger charge is -2.45. The lowest BCUT2D eigenvalue weighted by atomic mass is 9.76. The molecule has 2 heterocycles. The van der Waals surface area contributed by atoms with E-state index in [0.717, 1.165) is 23.1 Å². The second-order valence-electron chi connectivity index (χ2n) is 5.41. The Kier molecular flexibility index (Phi) is 3.02. The number of carbonyl (C=O) groups is 2. The van der Waals surface area contributed by atoms with E-state index in [-0.39, 0.29) is 12.5 Å². The molecular formula is C14H16N2O3S. The largest absolute Gasteiger partial charge is 0.304 e. The number of carbonyl (C=O) groups excluding carboxylic acids is 2. The van der Waals surface area contributed by atoms with E-state index < -0.39 is 16.4 Å². The van der Waals surface area contributed by atoms with Crippen molar-refractivity contribution in [2.45, 2.75) is 12.3 Å². The number of rotatable bonds is 3. The number of fused-ring (bicyclic) bond motifs is 2. The van der Waals surface area contributed by atoms with Crippen LogP contribution in [0.25, 0.3) is 0 Å². The molecule has 0 aliphatic carbocycles. The van der Waals surface area contributed by atoms with Crippen LogP contribution in [-0.2, 0) is 26.0 Å². The maximum Gasteiger partial charge on any atom is 0.240 e. The van der Waals surface area contributed by atoms with Crippen LogP contribution in [0.1, 0.15) is 11.1 Å². The molecule has 0 saturated carbocycles. The zero-order valence-electron chi connectivity index (χ0n) is 11.5. The molecular weight excluding hydrogens is 276 g/mol. The summed E-state index contributed by atoms with van der Waals surface area (Å²) in [7, 11) is -1.06. The molecule has 1 aromatic rings. The van der Waals surface area contributed by atoms with Crippen molar-refractivity contribution in [1.29, 1.82) is 0 Å². The molecule has 0 N–H and O–H groups in total. The van der Waals surface area contributed by atoms with Crippen LogP contribution in [0.15, 0.2) is 18.2 Å². The smallest absolute Gasteiger partial charge is 0.240 e. The van der Waals surface area contributed by atoms with E-state index in [2.05, 4.69) is 0 Å². The first kappa shape index (κ1) is 13.5. The van der Waals surface area contributed by atoms with Crippen LogP contribution in [0.2, 0.25) is 0 Å². The Morgan fingerprint density at radius 2 is 2.10 bits per heavy atom. The summed E-state index contributed by atoms with van der Waals surface area (Å²) in [6.07, 6.45) is 2.36. The van der Waals surface area contributed by atoms with Gasteiger partial charge in [0, 0.05) is 25.0 Å². The van der Waals surface area contributed by atoms with Gasteiger partial charge in [0.2, 0.25) is 5.91 Å². The summed E-state index contributed by atoms with van der Waals surface area (Å²) in [6, 6.07) is 5.84. The summed E-state index contributed by atoms with van der Waals surface area (Å²) in [6.45, 7) is 2.97. The minimum absolute atomic E-state index is 0.0492. The molecule has 0 aromatic heterocycles. The second-order valence-corrected chi connectivity index (χ2v) is 6.77. The minimum Gasteiger partial charge on any atom is -0.304 e. The number of aldehydes is 1. The number of hydrogen-bond acceptors (Lipinski definition) is 3. The Morgan fingerprint density at radius 1 is 1.40 bits per heavy atom. The highest BCUT2D eigenvalue weighted by atomic mass is 32.2. The molecule has 0 radical (unpaired) electrons. The van der Waals surface area contributed by atoms with Gasteiger partial charge in [-0.3, -0.25) is 4.79 Å². The van der Waals surface area contributed by atoms with Crippen molar-refractivity contribution >= 4 is 28.9 Å². The van der Waals surface area contributed by atoms with Crippen LogP contribution in [0.5, 0.6) is 0 Å². The van der Waals surface area contributed by atoms with Crippen LogP contribution >= 0.6 is 0 Å². The molecule has 1 saturated heterocycles. The van der Waals surface area contributed by atoms with Crippen LogP contribution in [0.4, 0.5) is 5.69 Å². The monoisotopic (exact) mass is 292 g/mol. The van der Waals surface area contributed by atoms with Crippen molar-refractivity contribution < 1.29 is 13.8 Å². The Hall–Kier alpha value is -1.53. The average molecular weight is 292 g/mol. The molecule has 5 nitrogen and oxygen atoms in total. The first-order valence-electron chi connectivity index (χ1n) is 6.45. The van der Waals surface area contributed by atoms with Crippen molar-refractivity contribution in [1.82, 2.24) is 4.31 Å². The summed E-state index contributed by atoms with van der Waals surface area (Å²) >= 11 is 0. The van der Waals surface area contributed by atoms with Crippen molar-refractivity contribution in [3.05, 3.63) is 29.3 Å². The fourth-order valence-electron chi connectivity index (χ4n) is 3.05. The molecule has 106 valence electrons. The second kappa shape index (κ2) is 4.49. The van der Waals surface area contributed by atoms with Crippen molar-refractivity contribution in [2.24, 2.45) is 0 Å². The quantitative estimate of drug-likeness (QED) is 0.757. The van der Waals surface area contributed by atoms with Gasteiger partial charge in [0.15, 0.2) is 0 Å². The fraction of sp³-hybridized carbons (Fsp3) is 0.429. The third-order valence-electron chi connectivity index (χ3n) is 4.13. The number of benzene rings is 1. The zero-order valence-corrected chi connectivity index (χ0v) is 12.3. The van der Waals surface area contributed by atoms with Gasteiger partial charge in [0.25, 0.3) is 0 Å². The molecule has 1 atom stereocenters. The van der Waals surface area contributed by atoms with Gasteiger partial charge in [-0.25, -0.2) is 8.51 Å². The third-order valence-corrected chi connectivity index (χ3v) is 5.11. The SMILES string of the molecule is Cc1ccc2c(c1)C1(CN(S(C)=O)C1)C(=O)N2CC=O. The molecule has 1 unspecified atom stereocenters. The summed E-state index contributed by atoms with van der Waals surface area (Å²) in [4.78, 5) is 25.0. The van der Waals surface area contributed by atoms with Gasteiger partial charge in [-0.15, -0.1) is 0 Å². The minimum atomic E-state index is -1.06. The lowest BCUT2D eigenvalue weighted by molar-refractivity contribution is -0.127. The highest BCUT2D eigenvalue weighted by Gasteiger charge is 2.58. The molecule has 1 spiro atoms. The van der Waals surface area contributed by atoms with Gasteiger partial charge < -0.3 is 9.69 Å². The molecule has 6 heteroatoms. The van der Waals surface area contributed by atoms with Crippen LogP contribution in [0.3, 0.4) is 0 Å². The van der Waals surface area contributed by atoms with E-state index in [1.807, 2.05) is 25.1 Å². The lowest BCUT2D eigenvalue weighted by Crippen LogP contribution is -2.64. The summed E-state index contributed by atoms with van der Waals surface area (Å²) in [5, 5.41) is 0. The standard InChI is InChI=1S/C14H16N2O3S/c1-10-3-4-12-11(7-10)14(8-15(9-14)20(2)19)13(18)16(12)5-6-17/h3-4,6-7H,5,8-9H2,1-2H3. The number of aryl methyl sites for hydroxylation is 1. The van der Waals surface area contributed by atoms with Crippen molar-refractivity contribution in [2.75, 3.05) is 30.8 Å². The van der Waals surface area contributed by atoms with Gasteiger partial charge in [0.1, 0.15) is 11.7 Å². The van der Waals surface area contributed by atoms with Crippen molar-refractivity contribution in [3.63, 3.8) is 0 Å². The topological polar surface area (TPSA) is 57.7 Å². The van der Waals surface area contributed by atoms with E-state index in [9.17, 15) is 13.8 Å². The fourth-order valence-corrected chi connectivity index (χ4v) is 3.85. The molecule has 2 aliphatic rings. The van der Waals surface area contributed by atoms with Crippen molar-refractivity contribution in [3.8, 4) is 0 Å². The third kappa shape index (κ3) is 1.68. The molecule has 1 fully saturated rings. The first-order chi connectivity index (χ1) is 9.49. The Morgan fingerprint density at radius 3 is 2.70 bits per heavy atom. The summed E-state index contributed by atoms with van der Waals surface area (Å²) < 4.78 is 13.3. The molecule has 2 aliphatic heterocycles. The number of amides is 1. The first-order valence-corrected chi connectivity index (χ1v) is 7.96.